The van der Waals surface area contributed by atoms with Crippen molar-refractivity contribution in [2.75, 3.05) is 11.9 Å². The largest absolute Gasteiger partial charge is 0.507 e. The standard InChI is InChI=1S/C21H20FN7OS/c1-29(16-7-12-3-5-15(26-12)19(16)22)18-10-24-20(28-27-18)14-4-2-11(6-17(14)30)21-25-9-13(8-23)31-21/h2,4,6,9-10,12,15-16,19,26,30H,3,5,7H2,1H3/t12-,15+,16+,19-/m1/s1. The first-order chi connectivity index (χ1) is 15.0. The molecule has 10 heteroatoms. The summed E-state index contributed by atoms with van der Waals surface area (Å²) in [5.74, 6) is 0.772. The number of fused-ring (bicyclic) bond motifs is 2. The first kappa shape index (κ1) is 19.8. The molecule has 4 atom stereocenters. The lowest BCUT2D eigenvalue weighted by atomic mass is 9.96. The number of hydrogen-bond acceptors (Lipinski definition) is 9. The zero-order valence-corrected chi connectivity index (χ0v) is 17.6. The second-order valence-corrected chi connectivity index (χ2v) is 8.95. The smallest absolute Gasteiger partial charge is 0.185 e. The normalized spacial score (nSPS) is 24.7. The highest BCUT2D eigenvalue weighted by Gasteiger charge is 2.43. The first-order valence-electron chi connectivity index (χ1n) is 10.1. The van der Waals surface area contributed by atoms with E-state index in [4.69, 9.17) is 5.26 Å². The van der Waals surface area contributed by atoms with E-state index in [1.807, 2.05) is 11.9 Å². The Kier molecular flexibility index (Phi) is 5.00. The lowest BCUT2D eigenvalue weighted by Crippen LogP contribution is -2.55. The molecule has 31 heavy (non-hydrogen) atoms. The minimum Gasteiger partial charge on any atom is -0.507 e. The molecule has 1 aromatic carbocycles. The summed E-state index contributed by atoms with van der Waals surface area (Å²) in [7, 11) is 1.82. The van der Waals surface area contributed by atoms with Crippen molar-refractivity contribution in [3.8, 4) is 33.8 Å². The minimum atomic E-state index is -0.964. The van der Waals surface area contributed by atoms with E-state index in [1.54, 1.807) is 24.4 Å². The number of rotatable bonds is 4. The molecule has 0 spiro atoms. The number of thiazole rings is 1. The van der Waals surface area contributed by atoms with E-state index in [-0.39, 0.29) is 23.7 Å². The van der Waals surface area contributed by atoms with Gasteiger partial charge in [0.05, 0.1) is 24.0 Å². The Labute approximate surface area is 182 Å². The molecular weight excluding hydrogens is 417 g/mol. The lowest BCUT2D eigenvalue weighted by molar-refractivity contribution is 0.176. The number of nitriles is 1. The molecule has 2 N–H and O–H groups in total. The summed E-state index contributed by atoms with van der Waals surface area (Å²) in [4.78, 5) is 10.9. The van der Waals surface area contributed by atoms with Gasteiger partial charge in [-0.3, -0.25) is 0 Å². The van der Waals surface area contributed by atoms with Crippen molar-refractivity contribution in [2.45, 2.75) is 43.6 Å². The molecule has 0 aliphatic carbocycles. The van der Waals surface area contributed by atoms with Crippen LogP contribution in [-0.2, 0) is 0 Å². The number of aromatic nitrogens is 4. The number of nitrogens with zero attached hydrogens (tertiary/aromatic N) is 6. The zero-order chi connectivity index (χ0) is 21.5. The molecular formula is C21H20FN7OS. The summed E-state index contributed by atoms with van der Waals surface area (Å²) >= 11 is 1.25. The number of benzene rings is 1. The molecule has 2 bridgehead atoms. The third kappa shape index (κ3) is 3.60. The molecule has 8 nitrogen and oxygen atoms in total. The van der Waals surface area contributed by atoms with Gasteiger partial charge < -0.3 is 15.3 Å². The van der Waals surface area contributed by atoms with Gasteiger partial charge in [-0.25, -0.2) is 14.4 Å². The second-order valence-electron chi connectivity index (χ2n) is 7.92. The first-order valence-corrected chi connectivity index (χ1v) is 10.9. The molecule has 4 heterocycles. The number of hydrogen-bond donors (Lipinski definition) is 2. The van der Waals surface area contributed by atoms with Crippen LogP contribution in [0.5, 0.6) is 5.75 Å². The van der Waals surface area contributed by atoms with Crippen molar-refractivity contribution >= 4 is 17.2 Å². The van der Waals surface area contributed by atoms with E-state index in [2.05, 4.69) is 31.6 Å². The van der Waals surface area contributed by atoms with E-state index >= 15 is 0 Å². The molecule has 2 fully saturated rings. The van der Waals surface area contributed by atoms with Crippen LogP contribution in [0.3, 0.4) is 0 Å². The Balaban J connectivity index is 1.35. The number of halogens is 1. The Morgan fingerprint density at radius 3 is 2.84 bits per heavy atom. The number of aromatic hydroxyl groups is 1. The number of alkyl halides is 1. The van der Waals surface area contributed by atoms with Gasteiger partial charge in [0.15, 0.2) is 11.6 Å². The maximum atomic E-state index is 14.8. The SMILES string of the molecule is CN(c1cnc(-c2ccc(-c3ncc(C#N)s3)cc2O)nn1)[C@H]1C[C@H]2CC[C@H](N2)[C@H]1F. The second kappa shape index (κ2) is 7.83. The van der Waals surface area contributed by atoms with Gasteiger partial charge in [0.1, 0.15) is 27.9 Å². The average molecular weight is 438 g/mol. The molecule has 0 amide bonds. The molecule has 5 rings (SSSR count). The van der Waals surface area contributed by atoms with Gasteiger partial charge in [-0.15, -0.1) is 21.5 Å². The van der Waals surface area contributed by atoms with Crippen molar-refractivity contribution in [2.24, 2.45) is 0 Å². The number of phenols is 1. The number of nitrogens with one attached hydrogen (secondary N) is 1. The van der Waals surface area contributed by atoms with Crippen LogP contribution >= 0.6 is 11.3 Å². The van der Waals surface area contributed by atoms with Crippen LogP contribution in [0.4, 0.5) is 10.2 Å². The third-order valence-electron chi connectivity index (χ3n) is 6.06. The highest BCUT2D eigenvalue weighted by atomic mass is 32.1. The van der Waals surface area contributed by atoms with Crippen LogP contribution in [0.2, 0.25) is 0 Å². The van der Waals surface area contributed by atoms with Crippen molar-refractivity contribution in [1.82, 2.24) is 25.5 Å². The highest BCUT2D eigenvalue weighted by molar-refractivity contribution is 7.15. The molecule has 3 aromatic rings. The van der Waals surface area contributed by atoms with Crippen molar-refractivity contribution in [3.05, 3.63) is 35.5 Å². The Morgan fingerprint density at radius 1 is 1.26 bits per heavy atom. The maximum absolute atomic E-state index is 14.8. The van der Waals surface area contributed by atoms with Crippen molar-refractivity contribution in [3.63, 3.8) is 0 Å². The molecule has 158 valence electrons. The molecule has 0 radical (unpaired) electrons. The van der Waals surface area contributed by atoms with Crippen LogP contribution in [0.15, 0.2) is 30.6 Å². The molecule has 2 saturated heterocycles. The summed E-state index contributed by atoms with van der Waals surface area (Å²) in [6.45, 7) is 0. The fraction of sp³-hybridized carbons (Fsp3) is 0.381. The van der Waals surface area contributed by atoms with Crippen LogP contribution in [-0.4, -0.2) is 56.6 Å². The molecule has 2 aliphatic heterocycles. The Bertz CT molecular complexity index is 1150. The summed E-state index contributed by atoms with van der Waals surface area (Å²) < 4.78 is 14.8. The van der Waals surface area contributed by atoms with Gasteiger partial charge in [0.2, 0.25) is 0 Å². The predicted octanol–water partition coefficient (Wildman–Crippen LogP) is 2.91. The van der Waals surface area contributed by atoms with E-state index in [0.29, 0.717) is 32.9 Å². The Morgan fingerprint density at radius 2 is 2.13 bits per heavy atom. The van der Waals surface area contributed by atoms with Crippen LogP contribution in [0, 0.1) is 11.3 Å². The van der Waals surface area contributed by atoms with Crippen molar-refractivity contribution in [1.29, 1.82) is 5.26 Å². The van der Waals surface area contributed by atoms with E-state index in [1.165, 1.54) is 17.5 Å². The van der Waals surface area contributed by atoms with Gasteiger partial charge in [0, 0.05) is 24.7 Å². The Hall–Kier alpha value is -3.16. The third-order valence-corrected chi connectivity index (χ3v) is 7.01. The number of piperidine rings is 1. The van der Waals surface area contributed by atoms with Crippen LogP contribution in [0.25, 0.3) is 22.0 Å². The van der Waals surface area contributed by atoms with Gasteiger partial charge in [-0.2, -0.15) is 5.26 Å². The summed E-state index contributed by atoms with van der Waals surface area (Å²) in [5, 5.41) is 31.8. The summed E-state index contributed by atoms with van der Waals surface area (Å²) in [5.41, 5.74) is 1.14. The minimum absolute atomic E-state index is 0.00661. The monoisotopic (exact) mass is 437 g/mol. The van der Waals surface area contributed by atoms with Gasteiger partial charge >= 0.3 is 0 Å². The van der Waals surface area contributed by atoms with Crippen LogP contribution in [0.1, 0.15) is 24.1 Å². The quantitative estimate of drug-likeness (QED) is 0.641. The summed E-state index contributed by atoms with van der Waals surface area (Å²) in [6, 6.07) is 7.10. The molecule has 2 aliphatic rings. The topological polar surface area (TPSA) is 111 Å². The fourth-order valence-corrected chi connectivity index (χ4v) is 5.10. The predicted molar refractivity (Wildman–Crippen MR) is 114 cm³/mol. The van der Waals surface area contributed by atoms with Gasteiger partial charge in [0.25, 0.3) is 0 Å². The lowest BCUT2D eigenvalue weighted by Gasteiger charge is -2.38. The molecule has 0 saturated carbocycles. The molecule has 0 unspecified atom stereocenters. The van der Waals surface area contributed by atoms with E-state index in [0.717, 1.165) is 19.3 Å². The average Bonchev–Trinajstić information content (AvgIpc) is 3.43. The van der Waals surface area contributed by atoms with Crippen molar-refractivity contribution < 1.29 is 9.50 Å². The van der Waals surface area contributed by atoms with Gasteiger partial charge in [-0.1, -0.05) is 6.07 Å². The highest BCUT2D eigenvalue weighted by Crippen LogP contribution is 2.35. The van der Waals surface area contributed by atoms with Gasteiger partial charge in [-0.05, 0) is 31.4 Å². The maximum Gasteiger partial charge on any atom is 0.185 e. The number of phenolic OH excluding ortho intramolecular Hbond substituents is 1. The van der Waals surface area contributed by atoms with Crippen LogP contribution < -0.4 is 10.2 Å². The molecule has 2 aromatic heterocycles. The number of anilines is 1. The van der Waals surface area contributed by atoms with E-state index < -0.39 is 6.17 Å². The fourth-order valence-electron chi connectivity index (χ4n) is 4.39. The zero-order valence-electron chi connectivity index (χ0n) is 16.7. The summed E-state index contributed by atoms with van der Waals surface area (Å²) in [6.07, 6.45) is 4.70. The van der Waals surface area contributed by atoms with E-state index in [9.17, 15) is 9.50 Å².